The fourth-order valence-corrected chi connectivity index (χ4v) is 1.33. The van der Waals surface area contributed by atoms with Gasteiger partial charge in [-0.15, -0.1) is 0 Å². The SMILES string of the molecule is Nc1ccc2c(c1)OCC[NH2+]C2=O. The molecule has 0 saturated heterocycles. The van der Waals surface area contributed by atoms with Crippen LogP contribution in [-0.2, 0) is 0 Å². The van der Waals surface area contributed by atoms with Crippen LogP contribution in [0.2, 0.25) is 0 Å². The standard InChI is InChI=1S/C9H10N2O2/c10-6-1-2-7-8(5-6)13-4-3-11-9(7)12/h1-2,5H,3-4,10H2,(H,11,12)/p+1. The van der Waals surface area contributed by atoms with Crippen LogP contribution in [-0.4, -0.2) is 19.1 Å². The molecule has 0 spiro atoms. The number of carbonyl (C=O) groups is 1. The van der Waals surface area contributed by atoms with E-state index in [-0.39, 0.29) is 5.91 Å². The van der Waals surface area contributed by atoms with Gasteiger partial charge in [-0.2, -0.15) is 0 Å². The average Bonchev–Trinajstić information content (AvgIpc) is 2.28. The second kappa shape index (κ2) is 3.06. The highest BCUT2D eigenvalue weighted by atomic mass is 16.5. The van der Waals surface area contributed by atoms with Crippen LogP contribution in [0.3, 0.4) is 0 Å². The molecule has 0 saturated carbocycles. The highest BCUT2D eigenvalue weighted by molar-refractivity contribution is 5.90. The summed E-state index contributed by atoms with van der Waals surface area (Å²) in [5.74, 6) is 0.617. The third-order valence-corrected chi connectivity index (χ3v) is 1.98. The van der Waals surface area contributed by atoms with Crippen LogP contribution in [0.4, 0.5) is 5.69 Å². The maximum absolute atomic E-state index is 11.4. The zero-order valence-corrected chi connectivity index (χ0v) is 7.12. The molecule has 1 heterocycles. The Hall–Kier alpha value is -1.55. The number of ether oxygens (including phenoxy) is 1. The van der Waals surface area contributed by atoms with E-state index < -0.39 is 0 Å². The van der Waals surface area contributed by atoms with Crippen LogP contribution in [0.1, 0.15) is 10.4 Å². The van der Waals surface area contributed by atoms with Gasteiger partial charge in [-0.25, -0.2) is 4.79 Å². The molecule has 4 nitrogen and oxygen atoms in total. The highest BCUT2D eigenvalue weighted by Crippen LogP contribution is 2.21. The van der Waals surface area contributed by atoms with Gasteiger partial charge in [0.1, 0.15) is 24.5 Å². The molecule has 1 amide bonds. The molecule has 1 aliphatic heterocycles. The largest absolute Gasteiger partial charge is 0.487 e. The average molecular weight is 179 g/mol. The lowest BCUT2D eigenvalue weighted by Crippen LogP contribution is -2.88. The number of nitrogen functional groups attached to an aromatic ring is 1. The fraction of sp³-hybridized carbons (Fsp3) is 0.222. The van der Waals surface area contributed by atoms with Crippen molar-refractivity contribution in [3.8, 4) is 5.75 Å². The number of quaternary nitrogens is 1. The Kier molecular flexibility index (Phi) is 1.90. The molecule has 4 N–H and O–H groups in total. The predicted molar refractivity (Wildman–Crippen MR) is 47.5 cm³/mol. The van der Waals surface area contributed by atoms with Gasteiger partial charge < -0.3 is 10.5 Å². The minimum Gasteiger partial charge on any atom is -0.487 e. The van der Waals surface area contributed by atoms with Crippen molar-refractivity contribution in [1.29, 1.82) is 0 Å². The number of hydrogen-bond donors (Lipinski definition) is 2. The number of anilines is 1. The Labute approximate surface area is 75.7 Å². The third kappa shape index (κ3) is 1.48. The van der Waals surface area contributed by atoms with E-state index in [2.05, 4.69) is 0 Å². The first kappa shape index (κ1) is 8.07. The van der Waals surface area contributed by atoms with Crippen molar-refractivity contribution >= 4 is 11.6 Å². The molecule has 13 heavy (non-hydrogen) atoms. The molecule has 0 fully saturated rings. The van der Waals surface area contributed by atoms with E-state index in [1.165, 1.54) is 0 Å². The van der Waals surface area contributed by atoms with Crippen LogP contribution in [0, 0.1) is 0 Å². The summed E-state index contributed by atoms with van der Waals surface area (Å²) in [5, 5.41) is 1.64. The number of primary amides is 1. The number of benzene rings is 1. The molecule has 0 unspecified atom stereocenters. The molecule has 4 heteroatoms. The van der Waals surface area contributed by atoms with Gasteiger partial charge in [0.2, 0.25) is 0 Å². The molecule has 0 atom stereocenters. The smallest absolute Gasteiger partial charge is 0.346 e. The lowest BCUT2D eigenvalue weighted by Gasteiger charge is -2.03. The molecule has 0 bridgehead atoms. The molecule has 1 aromatic carbocycles. The first-order valence-electron chi connectivity index (χ1n) is 4.17. The zero-order valence-electron chi connectivity index (χ0n) is 7.12. The van der Waals surface area contributed by atoms with E-state index in [0.29, 0.717) is 30.2 Å². The number of hydrogen-bond acceptors (Lipinski definition) is 3. The van der Waals surface area contributed by atoms with Crippen LogP contribution < -0.4 is 15.8 Å². The van der Waals surface area contributed by atoms with Crippen molar-refractivity contribution in [3.63, 3.8) is 0 Å². The van der Waals surface area contributed by atoms with Crippen molar-refractivity contribution < 1.29 is 14.8 Å². The van der Waals surface area contributed by atoms with Crippen LogP contribution in [0.15, 0.2) is 18.2 Å². The van der Waals surface area contributed by atoms with Gasteiger partial charge in [-0.05, 0) is 12.1 Å². The molecule has 1 aliphatic rings. The summed E-state index contributed by atoms with van der Waals surface area (Å²) in [6.45, 7) is 1.20. The lowest BCUT2D eigenvalue weighted by atomic mass is 10.1. The number of fused-ring (bicyclic) bond motifs is 1. The second-order valence-corrected chi connectivity index (χ2v) is 2.96. The number of amides is 1. The quantitative estimate of drug-likeness (QED) is 0.521. The molecule has 2 rings (SSSR count). The Morgan fingerprint density at radius 2 is 2.31 bits per heavy atom. The van der Waals surface area contributed by atoms with Crippen molar-refractivity contribution in [3.05, 3.63) is 23.8 Å². The van der Waals surface area contributed by atoms with Crippen molar-refractivity contribution in [2.24, 2.45) is 0 Å². The number of carbonyl (C=O) groups excluding carboxylic acids is 1. The van der Waals surface area contributed by atoms with E-state index in [1.54, 1.807) is 23.5 Å². The summed E-state index contributed by atoms with van der Waals surface area (Å²) in [6, 6.07) is 5.10. The second-order valence-electron chi connectivity index (χ2n) is 2.96. The summed E-state index contributed by atoms with van der Waals surface area (Å²) in [6.07, 6.45) is 0. The van der Waals surface area contributed by atoms with E-state index in [0.717, 1.165) is 0 Å². The Morgan fingerprint density at radius 3 is 3.15 bits per heavy atom. The third-order valence-electron chi connectivity index (χ3n) is 1.98. The maximum atomic E-state index is 11.4. The normalized spacial score (nSPS) is 15.8. The fourth-order valence-electron chi connectivity index (χ4n) is 1.33. The number of nitrogens with two attached hydrogens (primary N) is 2. The summed E-state index contributed by atoms with van der Waals surface area (Å²) < 4.78 is 5.37. The molecule has 0 aliphatic carbocycles. The minimum atomic E-state index is 0.0208. The van der Waals surface area contributed by atoms with E-state index >= 15 is 0 Å². The monoisotopic (exact) mass is 179 g/mol. The van der Waals surface area contributed by atoms with Crippen molar-refractivity contribution in [1.82, 2.24) is 0 Å². The molecular formula is C9H11N2O2+. The first-order valence-corrected chi connectivity index (χ1v) is 4.17. The van der Waals surface area contributed by atoms with Gasteiger partial charge in [-0.3, -0.25) is 5.32 Å². The molecule has 0 aromatic heterocycles. The van der Waals surface area contributed by atoms with Gasteiger partial charge in [0.15, 0.2) is 0 Å². The highest BCUT2D eigenvalue weighted by Gasteiger charge is 2.19. The van der Waals surface area contributed by atoms with Gasteiger partial charge in [-0.1, -0.05) is 0 Å². The summed E-state index contributed by atoms with van der Waals surface area (Å²) in [5.41, 5.74) is 6.80. The van der Waals surface area contributed by atoms with Crippen LogP contribution in [0.5, 0.6) is 5.75 Å². The summed E-state index contributed by atoms with van der Waals surface area (Å²) in [7, 11) is 0. The van der Waals surface area contributed by atoms with E-state index in [1.807, 2.05) is 0 Å². The Balaban J connectivity index is 2.48. The van der Waals surface area contributed by atoms with Gasteiger partial charge in [0.05, 0.1) is 0 Å². The zero-order chi connectivity index (χ0) is 9.26. The van der Waals surface area contributed by atoms with Crippen LogP contribution in [0.25, 0.3) is 0 Å². The Morgan fingerprint density at radius 1 is 1.46 bits per heavy atom. The molecule has 1 aromatic rings. The van der Waals surface area contributed by atoms with Crippen molar-refractivity contribution in [2.75, 3.05) is 18.9 Å². The van der Waals surface area contributed by atoms with E-state index in [4.69, 9.17) is 10.5 Å². The van der Waals surface area contributed by atoms with Gasteiger partial charge in [0, 0.05) is 11.8 Å². The van der Waals surface area contributed by atoms with Crippen molar-refractivity contribution in [2.45, 2.75) is 0 Å². The summed E-state index contributed by atoms with van der Waals surface area (Å²) in [4.78, 5) is 11.4. The van der Waals surface area contributed by atoms with Gasteiger partial charge in [0.25, 0.3) is 0 Å². The number of rotatable bonds is 0. The van der Waals surface area contributed by atoms with E-state index in [9.17, 15) is 4.79 Å². The molecular weight excluding hydrogens is 168 g/mol. The minimum absolute atomic E-state index is 0.0208. The lowest BCUT2D eigenvalue weighted by molar-refractivity contribution is -0.554. The van der Waals surface area contributed by atoms with Gasteiger partial charge >= 0.3 is 5.91 Å². The summed E-state index contributed by atoms with van der Waals surface area (Å²) >= 11 is 0. The Bertz CT molecular complexity index is 349. The topological polar surface area (TPSA) is 68.9 Å². The molecule has 0 radical (unpaired) electrons. The van der Waals surface area contributed by atoms with Crippen LogP contribution >= 0.6 is 0 Å². The maximum Gasteiger partial charge on any atom is 0.346 e. The molecule has 68 valence electrons. The predicted octanol–water partition coefficient (Wildman–Crippen LogP) is -0.635. The first-order chi connectivity index (χ1) is 6.27.